The van der Waals surface area contributed by atoms with Gasteiger partial charge in [0.2, 0.25) is 21.8 Å². The molecule has 9 nitrogen and oxygen atoms in total. The fourth-order valence-corrected chi connectivity index (χ4v) is 7.24. The molecule has 3 heterocycles. The maximum absolute atomic E-state index is 13.4. The molecule has 7 atom stereocenters. The van der Waals surface area contributed by atoms with Crippen LogP contribution in [0.4, 0.5) is 0 Å². The summed E-state index contributed by atoms with van der Waals surface area (Å²) < 4.78 is 26.3. The van der Waals surface area contributed by atoms with Gasteiger partial charge in [-0.1, -0.05) is 19.1 Å². The highest BCUT2D eigenvalue weighted by molar-refractivity contribution is 7.89. The zero-order valence-electron chi connectivity index (χ0n) is 20.7. The lowest BCUT2D eigenvalue weighted by Gasteiger charge is -2.38. The van der Waals surface area contributed by atoms with Crippen LogP contribution in [0.2, 0.25) is 0 Å². The van der Waals surface area contributed by atoms with Crippen LogP contribution in [0.3, 0.4) is 0 Å². The number of carbonyl (C=O) groups is 2. The summed E-state index contributed by atoms with van der Waals surface area (Å²) in [4.78, 5) is 32.5. The number of piperazine rings is 1. The molecule has 2 amide bonds. The molecule has 4 aliphatic rings. The molecule has 35 heavy (non-hydrogen) atoms. The molecule has 0 spiro atoms. The molecule has 10 heteroatoms. The molecule has 0 radical (unpaired) electrons. The first kappa shape index (κ1) is 24.2. The molecule has 1 aromatic carbocycles. The van der Waals surface area contributed by atoms with Crippen LogP contribution < -0.4 is 0 Å². The van der Waals surface area contributed by atoms with Gasteiger partial charge in [0.05, 0.1) is 23.0 Å². The second-order valence-corrected chi connectivity index (χ2v) is 12.9. The summed E-state index contributed by atoms with van der Waals surface area (Å²) >= 11 is 0. The van der Waals surface area contributed by atoms with Gasteiger partial charge in [-0.3, -0.25) is 14.5 Å². The van der Waals surface area contributed by atoms with Crippen molar-refractivity contribution in [1.82, 2.24) is 19.0 Å². The Labute approximate surface area is 207 Å². The number of fused-ring (bicyclic) bond motifs is 3. The van der Waals surface area contributed by atoms with Gasteiger partial charge in [-0.2, -0.15) is 5.26 Å². The Balaban J connectivity index is 1.25. The second-order valence-electron chi connectivity index (χ2n) is 10.7. The van der Waals surface area contributed by atoms with Crippen LogP contribution in [0.15, 0.2) is 29.2 Å². The normalized spacial score (nSPS) is 31.5. The van der Waals surface area contributed by atoms with E-state index in [-0.39, 0.29) is 52.8 Å². The summed E-state index contributed by atoms with van der Waals surface area (Å²) in [5.74, 6) is 0.283. The number of hydrogen-bond donors (Lipinski definition) is 0. The molecule has 1 aromatic rings. The number of hydrogen-bond acceptors (Lipinski definition) is 6. The molecule has 0 N–H and O–H groups in total. The van der Waals surface area contributed by atoms with Crippen LogP contribution >= 0.6 is 0 Å². The van der Waals surface area contributed by atoms with Crippen LogP contribution in [0.5, 0.6) is 0 Å². The molecule has 4 fully saturated rings. The van der Waals surface area contributed by atoms with Crippen molar-refractivity contribution in [2.75, 3.05) is 27.2 Å². The van der Waals surface area contributed by atoms with Crippen LogP contribution in [0.25, 0.3) is 0 Å². The summed E-state index contributed by atoms with van der Waals surface area (Å²) in [6, 6.07) is 8.55. The third kappa shape index (κ3) is 3.94. The van der Waals surface area contributed by atoms with Gasteiger partial charge in [-0.15, -0.1) is 0 Å². The molecule has 0 aromatic heterocycles. The molecular weight excluding hydrogens is 466 g/mol. The Morgan fingerprint density at radius 3 is 2.63 bits per heavy atom. The topological polar surface area (TPSA) is 105 Å². The number of likely N-dealkylation sites (tertiary alicyclic amines) is 3. The number of amides is 2. The van der Waals surface area contributed by atoms with E-state index in [0.29, 0.717) is 19.0 Å². The van der Waals surface area contributed by atoms with Crippen molar-refractivity contribution in [2.24, 2.45) is 11.8 Å². The van der Waals surface area contributed by atoms with Crippen LogP contribution in [0.1, 0.15) is 44.7 Å². The molecule has 1 saturated carbocycles. The quantitative estimate of drug-likeness (QED) is 0.562. The van der Waals surface area contributed by atoms with E-state index in [1.807, 2.05) is 24.8 Å². The first-order valence-corrected chi connectivity index (χ1v) is 13.8. The Hall–Kier alpha value is -2.48. The number of nitriles is 1. The van der Waals surface area contributed by atoms with Gasteiger partial charge in [0, 0.05) is 45.2 Å². The summed E-state index contributed by atoms with van der Waals surface area (Å²) in [6.45, 7) is 5.05. The number of benzene rings is 1. The van der Waals surface area contributed by atoms with Crippen molar-refractivity contribution < 1.29 is 18.0 Å². The third-order valence-electron chi connectivity index (χ3n) is 8.29. The van der Waals surface area contributed by atoms with Crippen LogP contribution in [-0.4, -0.2) is 90.6 Å². The minimum absolute atomic E-state index is 0.0286. The van der Waals surface area contributed by atoms with Crippen LogP contribution in [0, 0.1) is 23.2 Å². The van der Waals surface area contributed by atoms with Crippen molar-refractivity contribution in [2.45, 2.75) is 68.2 Å². The zero-order chi connectivity index (χ0) is 25.2. The van der Waals surface area contributed by atoms with E-state index in [1.54, 1.807) is 23.1 Å². The van der Waals surface area contributed by atoms with Crippen molar-refractivity contribution in [3.63, 3.8) is 0 Å². The number of sulfonamides is 1. The predicted molar refractivity (Wildman–Crippen MR) is 128 cm³/mol. The lowest BCUT2D eigenvalue weighted by molar-refractivity contribution is -0.142. The standard InChI is InChI=1S/C25H33N5O4S/c1-15(24(31)30-19(12-26)8-18-10-22(18)30)13-28-14-20-11-23(28)25(32)29(20)16(2)17-6-5-7-21(9-17)35(33,34)27(3)4/h5-7,9,15-16,18-20,22-23H,8,10-11,13-14H2,1-4H3/t15-,16-,18+,19-,20+,22?,23+/m0/s1. The third-order valence-corrected chi connectivity index (χ3v) is 10.1. The van der Waals surface area contributed by atoms with Gasteiger partial charge in [0.1, 0.15) is 6.04 Å². The van der Waals surface area contributed by atoms with Gasteiger partial charge in [-0.05, 0) is 49.8 Å². The van der Waals surface area contributed by atoms with E-state index in [0.717, 1.165) is 24.8 Å². The van der Waals surface area contributed by atoms with Gasteiger partial charge in [-0.25, -0.2) is 12.7 Å². The highest BCUT2D eigenvalue weighted by Crippen LogP contribution is 2.48. The molecule has 188 valence electrons. The Kier molecular flexibility index (Phi) is 5.93. The average Bonchev–Trinajstić information content (AvgIpc) is 3.15. The van der Waals surface area contributed by atoms with Crippen molar-refractivity contribution in [1.29, 1.82) is 5.26 Å². The first-order valence-electron chi connectivity index (χ1n) is 12.3. The lowest BCUT2D eigenvalue weighted by Crippen LogP contribution is -2.53. The summed E-state index contributed by atoms with van der Waals surface area (Å²) in [6.07, 6.45) is 2.51. The average molecular weight is 500 g/mol. The van der Waals surface area contributed by atoms with Crippen molar-refractivity contribution in [3.05, 3.63) is 29.8 Å². The van der Waals surface area contributed by atoms with Gasteiger partial charge in [0.25, 0.3) is 0 Å². The van der Waals surface area contributed by atoms with Crippen molar-refractivity contribution >= 4 is 21.8 Å². The molecule has 2 bridgehead atoms. The fraction of sp³-hybridized carbons (Fsp3) is 0.640. The second kappa shape index (κ2) is 8.57. The number of piperidine rings is 1. The van der Waals surface area contributed by atoms with Crippen LogP contribution in [-0.2, 0) is 19.6 Å². The lowest BCUT2D eigenvalue weighted by atomic mass is 10.0. The Morgan fingerprint density at radius 1 is 1.23 bits per heavy atom. The van der Waals surface area contributed by atoms with E-state index in [2.05, 4.69) is 11.0 Å². The maximum atomic E-state index is 13.4. The molecule has 3 saturated heterocycles. The molecule has 1 unspecified atom stereocenters. The van der Waals surface area contributed by atoms with Gasteiger partial charge >= 0.3 is 0 Å². The highest BCUT2D eigenvalue weighted by atomic mass is 32.2. The molecular formula is C25H33N5O4S. The molecule has 5 rings (SSSR count). The maximum Gasteiger partial charge on any atom is 0.242 e. The molecule has 1 aliphatic carbocycles. The van der Waals surface area contributed by atoms with E-state index in [9.17, 15) is 23.3 Å². The van der Waals surface area contributed by atoms with Gasteiger partial charge < -0.3 is 9.80 Å². The number of rotatable bonds is 7. The number of carbonyl (C=O) groups excluding carboxylic acids is 2. The number of nitrogens with zero attached hydrogens (tertiary/aromatic N) is 5. The monoisotopic (exact) mass is 499 g/mol. The van der Waals surface area contributed by atoms with E-state index in [1.165, 1.54) is 18.4 Å². The largest absolute Gasteiger partial charge is 0.330 e. The van der Waals surface area contributed by atoms with Crippen molar-refractivity contribution in [3.8, 4) is 6.07 Å². The Bertz CT molecular complexity index is 1190. The van der Waals surface area contributed by atoms with E-state index in [4.69, 9.17) is 0 Å². The van der Waals surface area contributed by atoms with E-state index >= 15 is 0 Å². The SMILES string of the molecule is C[C@@H](CN1C[C@H]2C[C@@H]1C(=O)N2[C@@H](C)c1cccc(S(=O)(=O)N(C)C)c1)C(=O)N1C2C[C@H]2C[C@H]1C#N. The fourth-order valence-electron chi connectivity index (χ4n) is 6.28. The highest BCUT2D eigenvalue weighted by Gasteiger charge is 2.55. The summed E-state index contributed by atoms with van der Waals surface area (Å²) in [5.41, 5.74) is 0.791. The first-order chi connectivity index (χ1) is 16.5. The summed E-state index contributed by atoms with van der Waals surface area (Å²) in [7, 11) is -0.555. The predicted octanol–water partition coefficient (Wildman–Crippen LogP) is 1.43. The zero-order valence-corrected chi connectivity index (χ0v) is 21.5. The molecule has 3 aliphatic heterocycles. The van der Waals surface area contributed by atoms with E-state index < -0.39 is 10.0 Å². The summed E-state index contributed by atoms with van der Waals surface area (Å²) in [5, 5.41) is 9.43. The van der Waals surface area contributed by atoms with Gasteiger partial charge in [0.15, 0.2) is 0 Å². The smallest absolute Gasteiger partial charge is 0.242 e. The minimum Gasteiger partial charge on any atom is -0.330 e. The Morgan fingerprint density at radius 2 is 1.97 bits per heavy atom. The minimum atomic E-state index is -3.56.